The van der Waals surface area contributed by atoms with Crippen LogP contribution in [0.25, 0.3) is 0 Å². The van der Waals surface area contributed by atoms with Gasteiger partial charge in [0, 0.05) is 32.2 Å². The lowest BCUT2D eigenvalue weighted by molar-refractivity contribution is -0.124. The van der Waals surface area contributed by atoms with Gasteiger partial charge in [0.1, 0.15) is 0 Å². The molecule has 0 aromatic rings. The van der Waals surface area contributed by atoms with Crippen molar-refractivity contribution in [3.63, 3.8) is 0 Å². The maximum Gasteiger partial charge on any atom is 0.224 e. The maximum atomic E-state index is 12.4. The van der Waals surface area contributed by atoms with Crippen LogP contribution in [-0.4, -0.2) is 56.6 Å². The molecule has 1 aliphatic carbocycles. The maximum absolute atomic E-state index is 12.4. The van der Waals surface area contributed by atoms with Crippen LogP contribution in [0.15, 0.2) is 0 Å². The average molecular weight is 331 g/mol. The number of amides is 1. The molecule has 0 spiro atoms. The normalized spacial score (nSPS) is 23.7. The summed E-state index contributed by atoms with van der Waals surface area (Å²) in [6.07, 6.45) is 6.81. The highest BCUT2D eigenvalue weighted by Gasteiger charge is 2.29. The van der Waals surface area contributed by atoms with Gasteiger partial charge < -0.3 is 10.6 Å². The van der Waals surface area contributed by atoms with Crippen molar-refractivity contribution in [3.8, 4) is 0 Å². The number of piperazine rings is 1. The van der Waals surface area contributed by atoms with Crippen molar-refractivity contribution in [2.45, 2.75) is 51.5 Å². The van der Waals surface area contributed by atoms with Crippen molar-refractivity contribution in [3.05, 3.63) is 0 Å². The number of hydrogen-bond acceptors (Lipinski definition) is 4. The van der Waals surface area contributed by atoms with E-state index in [0.717, 1.165) is 25.7 Å². The molecule has 1 aliphatic heterocycles. The van der Waals surface area contributed by atoms with Crippen LogP contribution in [0.3, 0.4) is 0 Å². The lowest BCUT2D eigenvalue weighted by Gasteiger charge is -2.28. The predicted molar refractivity (Wildman–Crippen MR) is 87.0 cm³/mol. The van der Waals surface area contributed by atoms with E-state index in [1.807, 2.05) is 0 Å². The second-order valence-electron chi connectivity index (χ2n) is 6.53. The Morgan fingerprint density at radius 3 is 2.36 bits per heavy atom. The fourth-order valence-electron chi connectivity index (χ4n) is 3.19. The molecule has 7 heteroatoms. The van der Waals surface area contributed by atoms with Crippen molar-refractivity contribution in [2.75, 3.05) is 31.9 Å². The summed E-state index contributed by atoms with van der Waals surface area (Å²) in [5.41, 5.74) is 0. The Morgan fingerprint density at radius 2 is 1.77 bits per heavy atom. The molecule has 0 radical (unpaired) electrons. The van der Waals surface area contributed by atoms with Crippen LogP contribution in [0.5, 0.6) is 0 Å². The summed E-state index contributed by atoms with van der Waals surface area (Å²) in [4.78, 5) is 12.3. The quantitative estimate of drug-likeness (QED) is 0.727. The minimum Gasteiger partial charge on any atom is -0.353 e. The SMILES string of the molecule is CC(CS(=O)(=O)N1CCNCC1)C(=O)NC1CCCCCC1. The molecule has 0 bridgehead atoms. The van der Waals surface area contributed by atoms with Gasteiger partial charge in [0.15, 0.2) is 0 Å². The van der Waals surface area contributed by atoms with E-state index in [9.17, 15) is 13.2 Å². The number of carbonyl (C=O) groups excluding carboxylic acids is 1. The molecule has 1 unspecified atom stereocenters. The average Bonchev–Trinajstić information content (AvgIpc) is 2.76. The van der Waals surface area contributed by atoms with Gasteiger partial charge in [-0.2, -0.15) is 4.31 Å². The van der Waals surface area contributed by atoms with E-state index in [1.165, 1.54) is 17.1 Å². The Labute approximate surface area is 134 Å². The lowest BCUT2D eigenvalue weighted by Crippen LogP contribution is -2.49. The van der Waals surface area contributed by atoms with Gasteiger partial charge in [-0.15, -0.1) is 0 Å². The Kier molecular flexibility index (Phi) is 6.65. The molecule has 2 fully saturated rings. The number of sulfonamides is 1. The van der Waals surface area contributed by atoms with Crippen LogP contribution in [0.1, 0.15) is 45.4 Å². The molecule has 2 N–H and O–H groups in total. The zero-order valence-electron chi connectivity index (χ0n) is 13.5. The van der Waals surface area contributed by atoms with E-state index in [4.69, 9.17) is 0 Å². The van der Waals surface area contributed by atoms with Gasteiger partial charge in [0.2, 0.25) is 15.9 Å². The predicted octanol–water partition coefficient (Wildman–Crippen LogP) is 0.697. The molecule has 2 rings (SSSR count). The first-order valence-electron chi connectivity index (χ1n) is 8.48. The van der Waals surface area contributed by atoms with E-state index in [1.54, 1.807) is 6.92 Å². The van der Waals surface area contributed by atoms with Gasteiger partial charge >= 0.3 is 0 Å². The molecule has 128 valence electrons. The second-order valence-corrected chi connectivity index (χ2v) is 8.54. The first-order valence-corrected chi connectivity index (χ1v) is 10.1. The van der Waals surface area contributed by atoms with Gasteiger partial charge in [-0.05, 0) is 12.8 Å². The number of nitrogens with zero attached hydrogens (tertiary/aromatic N) is 1. The van der Waals surface area contributed by atoms with Crippen LogP contribution in [0, 0.1) is 5.92 Å². The molecule has 0 aromatic heterocycles. The highest BCUT2D eigenvalue weighted by molar-refractivity contribution is 7.89. The minimum atomic E-state index is -3.34. The van der Waals surface area contributed by atoms with Crippen molar-refractivity contribution in [1.82, 2.24) is 14.9 Å². The molecule has 0 aromatic carbocycles. The van der Waals surface area contributed by atoms with Gasteiger partial charge in [0.05, 0.1) is 11.7 Å². The van der Waals surface area contributed by atoms with Crippen molar-refractivity contribution < 1.29 is 13.2 Å². The number of hydrogen-bond donors (Lipinski definition) is 2. The third-order valence-corrected chi connectivity index (χ3v) is 6.65. The van der Waals surface area contributed by atoms with E-state index in [-0.39, 0.29) is 17.7 Å². The van der Waals surface area contributed by atoms with Crippen molar-refractivity contribution in [2.24, 2.45) is 5.92 Å². The van der Waals surface area contributed by atoms with E-state index in [0.29, 0.717) is 26.2 Å². The molecule has 1 atom stereocenters. The standard InChI is InChI=1S/C15H29N3O3S/c1-13(12-22(20,21)18-10-8-16-9-11-18)15(19)17-14-6-4-2-3-5-7-14/h13-14,16H,2-12H2,1H3,(H,17,19). The monoisotopic (exact) mass is 331 g/mol. The van der Waals surface area contributed by atoms with Gasteiger partial charge in [-0.1, -0.05) is 32.6 Å². The Morgan fingerprint density at radius 1 is 1.18 bits per heavy atom. The van der Waals surface area contributed by atoms with Crippen LogP contribution in [0.4, 0.5) is 0 Å². The summed E-state index contributed by atoms with van der Waals surface area (Å²) >= 11 is 0. The molecule has 6 nitrogen and oxygen atoms in total. The third kappa shape index (κ3) is 5.21. The van der Waals surface area contributed by atoms with Crippen molar-refractivity contribution in [1.29, 1.82) is 0 Å². The topological polar surface area (TPSA) is 78.5 Å². The highest BCUT2D eigenvalue weighted by Crippen LogP contribution is 2.18. The fraction of sp³-hybridized carbons (Fsp3) is 0.933. The van der Waals surface area contributed by atoms with Crippen LogP contribution in [0.2, 0.25) is 0 Å². The number of carbonyl (C=O) groups is 1. The molecule has 1 heterocycles. The van der Waals surface area contributed by atoms with Gasteiger partial charge in [0.25, 0.3) is 0 Å². The minimum absolute atomic E-state index is 0.0917. The second kappa shape index (κ2) is 8.26. The summed E-state index contributed by atoms with van der Waals surface area (Å²) < 4.78 is 26.2. The van der Waals surface area contributed by atoms with Crippen molar-refractivity contribution >= 4 is 15.9 Å². The Balaban J connectivity index is 1.84. The summed E-state index contributed by atoms with van der Waals surface area (Å²) in [5, 5.41) is 6.19. The van der Waals surface area contributed by atoms with E-state index >= 15 is 0 Å². The molecule has 22 heavy (non-hydrogen) atoms. The first kappa shape index (κ1) is 17.7. The summed E-state index contributed by atoms with van der Waals surface area (Å²) in [5.74, 6) is -0.709. The Bertz CT molecular complexity index is 453. The molecular formula is C15H29N3O3S. The first-order chi connectivity index (χ1) is 10.5. The molecule has 1 amide bonds. The zero-order valence-corrected chi connectivity index (χ0v) is 14.3. The van der Waals surface area contributed by atoms with Crippen LogP contribution in [-0.2, 0) is 14.8 Å². The van der Waals surface area contributed by atoms with E-state index in [2.05, 4.69) is 10.6 Å². The van der Waals surface area contributed by atoms with E-state index < -0.39 is 15.9 Å². The van der Waals surface area contributed by atoms with Gasteiger partial charge in [-0.3, -0.25) is 4.79 Å². The molecular weight excluding hydrogens is 302 g/mol. The molecule has 2 aliphatic rings. The Hall–Kier alpha value is -0.660. The molecule has 1 saturated carbocycles. The number of rotatable bonds is 5. The van der Waals surface area contributed by atoms with Gasteiger partial charge in [-0.25, -0.2) is 8.42 Å². The smallest absolute Gasteiger partial charge is 0.224 e. The van der Waals surface area contributed by atoms with Crippen LogP contribution < -0.4 is 10.6 Å². The zero-order chi connectivity index (χ0) is 16.0. The summed E-state index contributed by atoms with van der Waals surface area (Å²) in [7, 11) is -3.34. The largest absolute Gasteiger partial charge is 0.353 e. The highest BCUT2D eigenvalue weighted by atomic mass is 32.2. The summed E-state index contributed by atoms with van der Waals surface area (Å²) in [6, 6.07) is 0.222. The third-order valence-electron chi connectivity index (χ3n) is 4.58. The fourth-order valence-corrected chi connectivity index (χ4v) is 4.92. The molecule has 1 saturated heterocycles. The summed E-state index contributed by atoms with van der Waals surface area (Å²) in [6.45, 7) is 4.08. The number of nitrogens with one attached hydrogen (secondary N) is 2. The lowest BCUT2D eigenvalue weighted by atomic mass is 10.1. The van der Waals surface area contributed by atoms with Crippen LogP contribution >= 0.6 is 0 Å².